The quantitative estimate of drug-likeness (QED) is 0.705. The maximum Gasteiger partial charge on any atom is 0.416 e. The second kappa shape index (κ2) is 7.63. The lowest BCUT2D eigenvalue weighted by Crippen LogP contribution is -2.26. The van der Waals surface area contributed by atoms with Gasteiger partial charge >= 0.3 is 11.9 Å². The highest BCUT2D eigenvalue weighted by molar-refractivity contribution is 7.91. The Kier molecular flexibility index (Phi) is 5.88. The first-order valence-electron chi connectivity index (χ1n) is 7.46. The number of nitrogens with zero attached hydrogens (tertiary/aromatic N) is 1. The van der Waals surface area contributed by atoms with E-state index in [2.05, 4.69) is 0 Å². The number of benzene rings is 2. The number of amides is 1. The molecule has 1 amide bonds. The van der Waals surface area contributed by atoms with E-state index in [0.29, 0.717) is 5.56 Å². The number of hydrogen-bond donors (Lipinski definition) is 0. The topological polar surface area (TPSA) is 54.5 Å². The molecule has 4 nitrogen and oxygen atoms in total. The van der Waals surface area contributed by atoms with Gasteiger partial charge < -0.3 is 4.90 Å². The van der Waals surface area contributed by atoms with Crippen LogP contribution in [0.3, 0.4) is 0 Å². The maximum absolute atomic E-state index is 12.5. The Hall–Kier alpha value is -2.49. The van der Waals surface area contributed by atoms with Crippen LogP contribution < -0.4 is 0 Å². The Morgan fingerprint density at radius 2 is 1.52 bits per heavy atom. The number of rotatable bonds is 5. The molecular formula is C17H14F5NO3S. The molecule has 146 valence electrons. The molecule has 2 rings (SSSR count). The van der Waals surface area contributed by atoms with Crippen LogP contribution in [0.25, 0.3) is 0 Å². The molecule has 0 spiro atoms. The van der Waals surface area contributed by atoms with E-state index in [-0.39, 0.29) is 12.1 Å². The lowest BCUT2D eigenvalue weighted by atomic mass is 10.1. The van der Waals surface area contributed by atoms with Crippen LogP contribution in [0.4, 0.5) is 22.0 Å². The first kappa shape index (κ1) is 20.8. The van der Waals surface area contributed by atoms with Gasteiger partial charge in [-0.2, -0.15) is 22.0 Å². The molecular weight excluding hydrogens is 393 g/mol. The van der Waals surface area contributed by atoms with Gasteiger partial charge in [-0.25, -0.2) is 8.42 Å². The first-order chi connectivity index (χ1) is 12.4. The number of halogens is 5. The summed E-state index contributed by atoms with van der Waals surface area (Å²) in [5, 5.41) is 0. The van der Waals surface area contributed by atoms with Crippen LogP contribution in [0.2, 0.25) is 0 Å². The number of hydrogen-bond acceptors (Lipinski definition) is 3. The van der Waals surface area contributed by atoms with Crippen LogP contribution in [-0.4, -0.2) is 32.0 Å². The fourth-order valence-corrected chi connectivity index (χ4v) is 2.98. The fraction of sp³-hybridized carbons (Fsp3) is 0.235. The van der Waals surface area contributed by atoms with Crippen molar-refractivity contribution < 1.29 is 35.2 Å². The second-order valence-electron chi connectivity index (χ2n) is 5.69. The van der Waals surface area contributed by atoms with E-state index in [1.807, 2.05) is 0 Å². The molecule has 2 aromatic rings. The largest absolute Gasteiger partial charge is 0.416 e. The highest BCUT2D eigenvalue weighted by Crippen LogP contribution is 2.29. The van der Waals surface area contributed by atoms with Crippen molar-refractivity contribution in [1.82, 2.24) is 4.90 Å². The highest BCUT2D eigenvalue weighted by Gasteiger charge is 2.30. The predicted molar refractivity (Wildman–Crippen MR) is 86.9 cm³/mol. The zero-order valence-corrected chi connectivity index (χ0v) is 14.7. The summed E-state index contributed by atoms with van der Waals surface area (Å²) >= 11 is 0. The van der Waals surface area contributed by atoms with Crippen molar-refractivity contribution in [2.75, 3.05) is 7.05 Å². The second-order valence-corrected chi connectivity index (χ2v) is 7.60. The summed E-state index contributed by atoms with van der Waals surface area (Å²) in [6.07, 6.45) is -4.46. The molecule has 2 aromatic carbocycles. The van der Waals surface area contributed by atoms with Crippen molar-refractivity contribution in [2.24, 2.45) is 0 Å². The third-order valence-corrected chi connectivity index (χ3v) is 5.11. The number of sulfone groups is 1. The molecule has 0 radical (unpaired) electrons. The molecule has 0 saturated heterocycles. The van der Waals surface area contributed by atoms with Gasteiger partial charge in [0.05, 0.1) is 10.5 Å². The van der Waals surface area contributed by atoms with Crippen molar-refractivity contribution in [2.45, 2.75) is 23.4 Å². The monoisotopic (exact) mass is 407 g/mol. The Bertz CT molecular complexity index is 907. The van der Waals surface area contributed by atoms with E-state index in [9.17, 15) is 35.2 Å². The Balaban J connectivity index is 2.11. The van der Waals surface area contributed by atoms with Crippen LogP contribution in [0.1, 0.15) is 21.5 Å². The molecule has 0 heterocycles. The smallest absolute Gasteiger partial charge is 0.337 e. The van der Waals surface area contributed by atoms with Crippen LogP contribution in [-0.2, 0) is 22.6 Å². The highest BCUT2D eigenvalue weighted by atomic mass is 32.2. The molecule has 0 aliphatic carbocycles. The molecule has 0 saturated carbocycles. The van der Waals surface area contributed by atoms with Crippen molar-refractivity contribution in [3.05, 3.63) is 65.2 Å². The summed E-state index contributed by atoms with van der Waals surface area (Å²) < 4.78 is 85.3. The summed E-state index contributed by atoms with van der Waals surface area (Å²) in [4.78, 5) is 12.9. The number of alkyl halides is 5. The number of carbonyl (C=O) groups is 1. The average Bonchev–Trinajstić information content (AvgIpc) is 2.60. The van der Waals surface area contributed by atoms with E-state index >= 15 is 0 Å². The lowest BCUT2D eigenvalue weighted by molar-refractivity contribution is -0.137. The van der Waals surface area contributed by atoms with Crippen molar-refractivity contribution >= 4 is 15.7 Å². The van der Waals surface area contributed by atoms with Gasteiger partial charge in [-0.15, -0.1) is 0 Å². The molecule has 0 aliphatic rings. The summed E-state index contributed by atoms with van der Waals surface area (Å²) in [5.41, 5.74) is -0.301. The third-order valence-electron chi connectivity index (χ3n) is 3.71. The first-order valence-corrected chi connectivity index (χ1v) is 9.01. The van der Waals surface area contributed by atoms with E-state index in [4.69, 9.17) is 0 Å². The molecule has 0 aromatic heterocycles. The van der Waals surface area contributed by atoms with Gasteiger partial charge in [0.2, 0.25) is 9.84 Å². The average molecular weight is 407 g/mol. The van der Waals surface area contributed by atoms with Crippen molar-refractivity contribution in [3.63, 3.8) is 0 Å². The minimum absolute atomic E-state index is 0.00799. The van der Waals surface area contributed by atoms with Gasteiger partial charge in [0.15, 0.2) is 0 Å². The van der Waals surface area contributed by atoms with E-state index in [1.54, 1.807) is 0 Å². The predicted octanol–water partition coefficient (Wildman–Crippen LogP) is 3.97. The van der Waals surface area contributed by atoms with Gasteiger partial charge in [-0.3, -0.25) is 4.79 Å². The van der Waals surface area contributed by atoms with Crippen molar-refractivity contribution in [1.29, 1.82) is 0 Å². The Morgan fingerprint density at radius 3 is 1.96 bits per heavy atom. The van der Waals surface area contributed by atoms with Gasteiger partial charge in [0, 0.05) is 19.2 Å². The Morgan fingerprint density at radius 1 is 1.00 bits per heavy atom. The molecule has 10 heteroatoms. The SMILES string of the molecule is CN(Cc1ccc(C(F)(F)F)cc1)C(=O)c1ccc(S(=O)(=O)C(F)F)cc1. The lowest BCUT2D eigenvalue weighted by Gasteiger charge is -2.18. The molecule has 0 bridgehead atoms. The Labute approximate surface area is 152 Å². The van der Waals surface area contributed by atoms with Gasteiger partial charge in [-0.1, -0.05) is 12.1 Å². The van der Waals surface area contributed by atoms with E-state index in [1.165, 1.54) is 24.1 Å². The zero-order valence-electron chi connectivity index (χ0n) is 13.9. The van der Waals surface area contributed by atoms with Gasteiger partial charge in [0.1, 0.15) is 0 Å². The van der Waals surface area contributed by atoms with E-state index < -0.39 is 38.1 Å². The standard InChI is InChI=1S/C17H14F5NO3S/c1-23(10-11-2-6-13(7-3-11)17(20,21)22)15(24)12-4-8-14(9-5-12)27(25,26)16(18)19/h2-9,16H,10H2,1H3. The zero-order chi connectivity index (χ0) is 20.4. The van der Waals surface area contributed by atoms with Gasteiger partial charge in [0.25, 0.3) is 5.91 Å². The summed E-state index contributed by atoms with van der Waals surface area (Å²) in [6.45, 7) is 0.00799. The summed E-state index contributed by atoms with van der Waals surface area (Å²) in [7, 11) is -3.35. The summed E-state index contributed by atoms with van der Waals surface area (Å²) in [6, 6.07) is 8.29. The molecule has 0 N–H and O–H groups in total. The minimum Gasteiger partial charge on any atom is -0.337 e. The van der Waals surface area contributed by atoms with Crippen LogP contribution >= 0.6 is 0 Å². The maximum atomic E-state index is 12.5. The normalized spacial score (nSPS) is 12.3. The number of carbonyl (C=O) groups excluding carboxylic acids is 1. The molecule has 0 unspecified atom stereocenters. The van der Waals surface area contributed by atoms with Crippen molar-refractivity contribution in [3.8, 4) is 0 Å². The van der Waals surface area contributed by atoms with E-state index in [0.717, 1.165) is 36.4 Å². The molecule has 0 fully saturated rings. The van der Waals surface area contributed by atoms with Crippen LogP contribution in [0.5, 0.6) is 0 Å². The third kappa shape index (κ3) is 4.82. The molecule has 27 heavy (non-hydrogen) atoms. The van der Waals surface area contributed by atoms with Crippen LogP contribution in [0.15, 0.2) is 53.4 Å². The van der Waals surface area contributed by atoms with Gasteiger partial charge in [-0.05, 0) is 42.0 Å². The minimum atomic E-state index is -4.75. The molecule has 0 atom stereocenters. The fourth-order valence-electron chi connectivity index (χ4n) is 2.26. The molecule has 0 aliphatic heterocycles. The summed E-state index contributed by atoms with van der Waals surface area (Å²) in [5.74, 6) is -4.11. The van der Waals surface area contributed by atoms with Crippen LogP contribution in [0, 0.1) is 0 Å².